The molecule has 0 unspecified atom stereocenters. The molecule has 1 aliphatic carbocycles. The largest absolute Gasteiger partial charge is 0.460 e. The van der Waals surface area contributed by atoms with E-state index in [2.05, 4.69) is 26.9 Å². The number of rotatable bonds is 3. The van der Waals surface area contributed by atoms with Crippen LogP contribution in [0.3, 0.4) is 0 Å². The van der Waals surface area contributed by atoms with Crippen LogP contribution in [0, 0.1) is 0 Å². The summed E-state index contributed by atoms with van der Waals surface area (Å²) in [4.78, 5) is 25.5. The summed E-state index contributed by atoms with van der Waals surface area (Å²) in [7, 11) is 0. The SMILES string of the molecule is O=c1[nH]c(N2CCOCC2)nc2c1CCC21CCN(Cc2cc3ccccc3o2)CC1. The quantitative estimate of drug-likeness (QED) is 0.702. The van der Waals surface area contributed by atoms with Gasteiger partial charge in [-0.1, -0.05) is 18.2 Å². The zero-order valence-corrected chi connectivity index (χ0v) is 17.7. The summed E-state index contributed by atoms with van der Waals surface area (Å²) in [6.45, 7) is 5.75. The minimum atomic E-state index is 0.0367. The molecule has 0 radical (unpaired) electrons. The summed E-state index contributed by atoms with van der Waals surface area (Å²) in [5.74, 6) is 1.74. The number of H-pyrrole nitrogens is 1. The Hall–Kier alpha value is -2.64. The van der Waals surface area contributed by atoms with Crippen LogP contribution in [0.5, 0.6) is 0 Å². The van der Waals surface area contributed by atoms with Crippen molar-refractivity contribution in [2.75, 3.05) is 44.3 Å². The van der Waals surface area contributed by atoms with Gasteiger partial charge in [0.25, 0.3) is 5.56 Å². The standard InChI is InChI=1S/C24H28N4O3/c29-22-19-5-6-24(21(19)25-23(26-22)28-11-13-30-14-12-28)7-9-27(10-8-24)16-18-15-17-3-1-2-4-20(17)31-18/h1-4,15H,5-14,16H2,(H,25,26,29). The highest BCUT2D eigenvalue weighted by molar-refractivity contribution is 5.77. The van der Waals surface area contributed by atoms with Crippen LogP contribution >= 0.6 is 0 Å². The Morgan fingerprint density at radius 3 is 2.68 bits per heavy atom. The molecule has 2 fully saturated rings. The highest BCUT2D eigenvalue weighted by Gasteiger charge is 2.44. The van der Waals surface area contributed by atoms with E-state index in [1.54, 1.807) is 0 Å². The topological polar surface area (TPSA) is 74.6 Å². The molecule has 0 amide bonds. The molecule has 1 aromatic carbocycles. The lowest BCUT2D eigenvalue weighted by Gasteiger charge is -2.39. The second kappa shape index (κ2) is 7.50. The van der Waals surface area contributed by atoms with Crippen molar-refractivity contribution in [3.63, 3.8) is 0 Å². The van der Waals surface area contributed by atoms with Gasteiger partial charge in [-0.25, -0.2) is 4.98 Å². The van der Waals surface area contributed by atoms with Gasteiger partial charge in [0, 0.05) is 29.5 Å². The van der Waals surface area contributed by atoms with E-state index in [-0.39, 0.29) is 11.0 Å². The number of para-hydroxylation sites is 1. The Kier molecular flexibility index (Phi) is 4.61. The van der Waals surface area contributed by atoms with Crippen LogP contribution in [0.15, 0.2) is 39.5 Å². The molecule has 7 nitrogen and oxygen atoms in total. The number of aromatic amines is 1. The Bertz CT molecular complexity index is 1120. The molecule has 2 saturated heterocycles. The van der Waals surface area contributed by atoms with Crippen LogP contribution in [0.1, 0.15) is 36.3 Å². The molecule has 1 spiro atoms. The zero-order chi connectivity index (χ0) is 20.8. The molecular formula is C24H28N4O3. The van der Waals surface area contributed by atoms with Crippen LogP contribution in [-0.2, 0) is 23.1 Å². The number of nitrogens with zero attached hydrogens (tertiary/aromatic N) is 3. The van der Waals surface area contributed by atoms with E-state index in [1.807, 2.05) is 18.2 Å². The molecule has 4 heterocycles. The second-order valence-electron chi connectivity index (χ2n) is 9.12. The van der Waals surface area contributed by atoms with Crippen molar-refractivity contribution in [2.45, 2.75) is 37.6 Å². The Morgan fingerprint density at radius 1 is 1.06 bits per heavy atom. The fourth-order valence-electron chi connectivity index (χ4n) is 5.53. The molecule has 6 rings (SSSR count). The summed E-state index contributed by atoms with van der Waals surface area (Å²) in [6, 6.07) is 10.3. The van der Waals surface area contributed by atoms with Gasteiger partial charge < -0.3 is 14.1 Å². The maximum atomic E-state index is 12.8. The molecule has 0 saturated carbocycles. The molecule has 3 aromatic rings. The smallest absolute Gasteiger partial charge is 0.255 e. The number of furan rings is 1. The van der Waals surface area contributed by atoms with Gasteiger partial charge in [0.1, 0.15) is 11.3 Å². The van der Waals surface area contributed by atoms with E-state index >= 15 is 0 Å². The summed E-state index contributed by atoms with van der Waals surface area (Å²) >= 11 is 0. The number of morpholine rings is 1. The number of anilines is 1. The highest BCUT2D eigenvalue weighted by atomic mass is 16.5. The van der Waals surface area contributed by atoms with Gasteiger partial charge in [0.2, 0.25) is 5.95 Å². The predicted molar refractivity (Wildman–Crippen MR) is 119 cm³/mol. The van der Waals surface area contributed by atoms with E-state index in [1.165, 1.54) is 0 Å². The highest BCUT2D eigenvalue weighted by Crippen LogP contribution is 2.44. The predicted octanol–water partition coefficient (Wildman–Crippen LogP) is 2.83. The van der Waals surface area contributed by atoms with Crippen molar-refractivity contribution < 1.29 is 9.15 Å². The number of piperidine rings is 1. The van der Waals surface area contributed by atoms with E-state index in [0.717, 1.165) is 92.3 Å². The van der Waals surface area contributed by atoms with Crippen molar-refractivity contribution in [3.05, 3.63) is 57.7 Å². The average Bonchev–Trinajstić information content (AvgIpc) is 3.37. The number of benzene rings is 1. The van der Waals surface area contributed by atoms with Gasteiger partial charge in [-0.3, -0.25) is 14.7 Å². The first-order chi connectivity index (χ1) is 15.2. The van der Waals surface area contributed by atoms with Gasteiger partial charge in [-0.15, -0.1) is 0 Å². The molecule has 2 aromatic heterocycles. The van der Waals surface area contributed by atoms with Crippen LogP contribution in [0.4, 0.5) is 5.95 Å². The number of fused-ring (bicyclic) bond motifs is 3. The maximum absolute atomic E-state index is 12.8. The van der Waals surface area contributed by atoms with Crippen molar-refractivity contribution in [1.29, 1.82) is 0 Å². The van der Waals surface area contributed by atoms with Gasteiger partial charge >= 0.3 is 0 Å². The van der Waals surface area contributed by atoms with E-state index < -0.39 is 0 Å². The molecule has 31 heavy (non-hydrogen) atoms. The maximum Gasteiger partial charge on any atom is 0.255 e. The first-order valence-electron chi connectivity index (χ1n) is 11.4. The van der Waals surface area contributed by atoms with Crippen LogP contribution in [0.25, 0.3) is 11.0 Å². The molecule has 162 valence electrons. The monoisotopic (exact) mass is 420 g/mol. The number of likely N-dealkylation sites (tertiary alicyclic amines) is 1. The molecule has 3 aliphatic rings. The molecule has 1 N–H and O–H groups in total. The van der Waals surface area contributed by atoms with E-state index in [4.69, 9.17) is 14.1 Å². The lowest BCUT2D eigenvalue weighted by atomic mass is 9.76. The number of hydrogen-bond acceptors (Lipinski definition) is 6. The molecule has 0 bridgehead atoms. The Balaban J connectivity index is 1.20. The number of aromatic nitrogens is 2. The first kappa shape index (κ1) is 19.1. The van der Waals surface area contributed by atoms with Crippen LogP contribution < -0.4 is 10.5 Å². The number of ether oxygens (including phenoxy) is 1. The lowest BCUT2D eigenvalue weighted by Crippen LogP contribution is -2.43. The Morgan fingerprint density at radius 2 is 1.87 bits per heavy atom. The zero-order valence-electron chi connectivity index (χ0n) is 17.7. The van der Waals surface area contributed by atoms with Crippen molar-refractivity contribution in [1.82, 2.24) is 14.9 Å². The van der Waals surface area contributed by atoms with Crippen LogP contribution in [0.2, 0.25) is 0 Å². The molecule has 7 heteroatoms. The summed E-state index contributed by atoms with van der Waals surface area (Å²) in [5, 5.41) is 1.16. The van der Waals surface area contributed by atoms with Crippen LogP contribution in [-0.4, -0.2) is 54.3 Å². The molecular weight excluding hydrogens is 392 g/mol. The summed E-state index contributed by atoms with van der Waals surface area (Å²) < 4.78 is 11.5. The fraction of sp³-hybridized carbons (Fsp3) is 0.500. The van der Waals surface area contributed by atoms with E-state index in [9.17, 15) is 4.79 Å². The summed E-state index contributed by atoms with van der Waals surface area (Å²) in [6.07, 6.45) is 3.95. The fourth-order valence-corrected chi connectivity index (χ4v) is 5.53. The third kappa shape index (κ3) is 3.36. The van der Waals surface area contributed by atoms with Gasteiger partial charge in [-0.05, 0) is 50.9 Å². The van der Waals surface area contributed by atoms with Gasteiger partial charge in [0.05, 0.1) is 25.5 Å². The van der Waals surface area contributed by atoms with Crippen molar-refractivity contribution >= 4 is 16.9 Å². The second-order valence-corrected chi connectivity index (χ2v) is 9.12. The number of nitrogens with one attached hydrogen (secondary N) is 1. The van der Waals surface area contributed by atoms with E-state index in [0.29, 0.717) is 13.2 Å². The summed E-state index contributed by atoms with van der Waals surface area (Å²) in [5.41, 5.74) is 3.00. The third-order valence-corrected chi connectivity index (χ3v) is 7.34. The third-order valence-electron chi connectivity index (χ3n) is 7.34. The average molecular weight is 421 g/mol. The van der Waals surface area contributed by atoms with Crippen molar-refractivity contribution in [3.8, 4) is 0 Å². The van der Waals surface area contributed by atoms with Crippen molar-refractivity contribution in [2.24, 2.45) is 0 Å². The van der Waals surface area contributed by atoms with Gasteiger partial charge in [-0.2, -0.15) is 0 Å². The molecule has 0 atom stereocenters. The number of hydrogen-bond donors (Lipinski definition) is 1. The minimum absolute atomic E-state index is 0.0367. The first-order valence-corrected chi connectivity index (χ1v) is 11.4. The van der Waals surface area contributed by atoms with Gasteiger partial charge in [0.15, 0.2) is 0 Å². The Labute approximate surface area is 181 Å². The minimum Gasteiger partial charge on any atom is -0.460 e. The lowest BCUT2D eigenvalue weighted by molar-refractivity contribution is 0.121. The molecule has 2 aliphatic heterocycles. The normalized spacial score (nSPS) is 21.1.